The topological polar surface area (TPSA) is 56.3 Å². The van der Waals surface area contributed by atoms with E-state index in [0.29, 0.717) is 4.47 Å². The summed E-state index contributed by atoms with van der Waals surface area (Å²) in [6, 6.07) is 9.66. The third kappa shape index (κ3) is 2.39. The highest BCUT2D eigenvalue weighted by Crippen LogP contribution is 2.29. The molecule has 1 aromatic carbocycles. The van der Waals surface area contributed by atoms with Gasteiger partial charge in [0.15, 0.2) is 0 Å². The van der Waals surface area contributed by atoms with Gasteiger partial charge >= 0.3 is 0 Å². The minimum absolute atomic E-state index is 0.0468. The van der Waals surface area contributed by atoms with Gasteiger partial charge in [0.2, 0.25) is 15.7 Å². The third-order valence-electron chi connectivity index (χ3n) is 2.32. The molecule has 0 bridgehead atoms. The van der Waals surface area contributed by atoms with Crippen LogP contribution in [0.4, 0.5) is 0 Å². The Labute approximate surface area is 114 Å². The van der Waals surface area contributed by atoms with Crippen LogP contribution in [0.5, 0.6) is 5.88 Å². The Morgan fingerprint density at radius 1 is 1.22 bits per heavy atom. The lowest BCUT2D eigenvalue weighted by atomic mass is 10.4. The first-order valence-electron chi connectivity index (χ1n) is 5.05. The van der Waals surface area contributed by atoms with Crippen molar-refractivity contribution in [2.45, 2.75) is 9.79 Å². The monoisotopic (exact) mass is 327 g/mol. The smallest absolute Gasteiger partial charge is 0.232 e. The Hall–Kier alpha value is -1.40. The van der Waals surface area contributed by atoms with E-state index in [0.717, 1.165) is 0 Å². The summed E-state index contributed by atoms with van der Waals surface area (Å²) in [5.74, 6) is 0.0852. The van der Waals surface area contributed by atoms with Gasteiger partial charge in [-0.25, -0.2) is 13.4 Å². The summed E-state index contributed by atoms with van der Waals surface area (Å²) in [6.45, 7) is 0. The highest BCUT2D eigenvalue weighted by Gasteiger charge is 2.23. The van der Waals surface area contributed by atoms with Gasteiger partial charge in [0.1, 0.15) is 4.90 Å². The van der Waals surface area contributed by atoms with Crippen molar-refractivity contribution >= 4 is 25.8 Å². The molecule has 0 saturated heterocycles. The lowest BCUT2D eigenvalue weighted by Crippen LogP contribution is -2.05. The van der Waals surface area contributed by atoms with Crippen LogP contribution in [0.15, 0.2) is 56.9 Å². The van der Waals surface area contributed by atoms with Crippen molar-refractivity contribution in [3.8, 4) is 5.88 Å². The number of benzene rings is 1. The SMILES string of the molecule is COc1ncc(Br)cc1S(=O)(=O)c1ccccc1. The van der Waals surface area contributed by atoms with E-state index in [-0.39, 0.29) is 15.7 Å². The Morgan fingerprint density at radius 3 is 2.50 bits per heavy atom. The number of hydrogen-bond acceptors (Lipinski definition) is 4. The highest BCUT2D eigenvalue weighted by atomic mass is 79.9. The quantitative estimate of drug-likeness (QED) is 0.869. The predicted octanol–water partition coefficient (Wildman–Crippen LogP) is 2.69. The molecule has 2 aromatic rings. The molecule has 1 aromatic heterocycles. The Morgan fingerprint density at radius 2 is 1.89 bits per heavy atom. The summed E-state index contributed by atoms with van der Waals surface area (Å²) < 4.78 is 30.4. The van der Waals surface area contributed by atoms with Crippen LogP contribution in [0, 0.1) is 0 Å². The molecule has 0 N–H and O–H groups in total. The van der Waals surface area contributed by atoms with E-state index in [9.17, 15) is 8.42 Å². The molecule has 4 nitrogen and oxygen atoms in total. The van der Waals surface area contributed by atoms with Crippen LogP contribution in [-0.4, -0.2) is 20.5 Å². The first-order chi connectivity index (χ1) is 8.55. The summed E-state index contributed by atoms with van der Waals surface area (Å²) in [5.41, 5.74) is 0. The molecule has 0 radical (unpaired) electrons. The number of halogens is 1. The standard InChI is InChI=1S/C12H10BrNO3S/c1-17-12-11(7-9(13)8-14-12)18(15,16)10-5-3-2-4-6-10/h2-8H,1H3. The van der Waals surface area contributed by atoms with Gasteiger partial charge in [-0.15, -0.1) is 0 Å². The van der Waals surface area contributed by atoms with Gasteiger partial charge in [-0.1, -0.05) is 18.2 Å². The maximum Gasteiger partial charge on any atom is 0.232 e. The molecule has 94 valence electrons. The fourth-order valence-electron chi connectivity index (χ4n) is 1.48. The Balaban J connectivity index is 2.65. The van der Waals surface area contributed by atoms with E-state index in [1.165, 1.54) is 31.5 Å². The highest BCUT2D eigenvalue weighted by molar-refractivity contribution is 9.10. The van der Waals surface area contributed by atoms with E-state index in [2.05, 4.69) is 20.9 Å². The van der Waals surface area contributed by atoms with Gasteiger partial charge in [-0.2, -0.15) is 0 Å². The van der Waals surface area contributed by atoms with Crippen molar-refractivity contribution in [2.24, 2.45) is 0 Å². The Bertz CT molecular complexity index is 656. The van der Waals surface area contributed by atoms with Crippen LogP contribution < -0.4 is 4.74 Å². The van der Waals surface area contributed by atoms with Crippen molar-refractivity contribution in [1.29, 1.82) is 0 Å². The zero-order valence-corrected chi connectivity index (χ0v) is 11.9. The molecule has 0 fully saturated rings. The normalized spacial score (nSPS) is 11.2. The van der Waals surface area contributed by atoms with Crippen LogP contribution in [0.1, 0.15) is 0 Å². The maximum atomic E-state index is 12.4. The minimum atomic E-state index is -3.62. The molecule has 0 aliphatic heterocycles. The number of sulfone groups is 1. The van der Waals surface area contributed by atoms with Crippen molar-refractivity contribution < 1.29 is 13.2 Å². The summed E-state index contributed by atoms with van der Waals surface area (Å²) in [6.07, 6.45) is 1.49. The van der Waals surface area contributed by atoms with E-state index in [1.54, 1.807) is 18.2 Å². The predicted molar refractivity (Wildman–Crippen MR) is 70.4 cm³/mol. The molecule has 0 aliphatic carbocycles. The molecule has 0 amide bonds. The van der Waals surface area contributed by atoms with Crippen LogP contribution in [0.2, 0.25) is 0 Å². The van der Waals surface area contributed by atoms with Gasteiger partial charge in [0.05, 0.1) is 12.0 Å². The molecule has 0 unspecified atom stereocenters. The second kappa shape index (κ2) is 5.07. The molecule has 2 rings (SSSR count). The molecule has 1 heterocycles. The average Bonchev–Trinajstić information content (AvgIpc) is 2.39. The summed E-state index contributed by atoms with van der Waals surface area (Å²) in [5, 5.41) is 0. The lowest BCUT2D eigenvalue weighted by molar-refractivity contribution is 0.385. The number of methoxy groups -OCH3 is 1. The van der Waals surface area contributed by atoms with Crippen molar-refractivity contribution in [3.05, 3.63) is 47.1 Å². The largest absolute Gasteiger partial charge is 0.480 e. The number of hydrogen-bond donors (Lipinski definition) is 0. The van der Waals surface area contributed by atoms with Crippen LogP contribution in [0.25, 0.3) is 0 Å². The molecule has 0 saturated carbocycles. The summed E-state index contributed by atoms with van der Waals surface area (Å²) in [4.78, 5) is 4.20. The second-order valence-electron chi connectivity index (χ2n) is 3.48. The number of nitrogens with zero attached hydrogens (tertiary/aromatic N) is 1. The lowest BCUT2D eigenvalue weighted by Gasteiger charge is -2.08. The molecule has 6 heteroatoms. The van der Waals surface area contributed by atoms with E-state index < -0.39 is 9.84 Å². The zero-order valence-electron chi connectivity index (χ0n) is 9.50. The van der Waals surface area contributed by atoms with E-state index >= 15 is 0 Å². The minimum Gasteiger partial charge on any atom is -0.480 e. The van der Waals surface area contributed by atoms with Gasteiger partial charge in [-0.3, -0.25) is 0 Å². The maximum absolute atomic E-state index is 12.4. The van der Waals surface area contributed by atoms with Crippen molar-refractivity contribution in [2.75, 3.05) is 7.11 Å². The first kappa shape index (κ1) is 13.0. The number of pyridine rings is 1. The van der Waals surface area contributed by atoms with Crippen molar-refractivity contribution in [1.82, 2.24) is 4.98 Å². The molecule has 0 aliphatic rings. The van der Waals surface area contributed by atoms with E-state index in [4.69, 9.17) is 4.74 Å². The number of rotatable bonds is 3. The van der Waals surface area contributed by atoms with Crippen LogP contribution in [0.3, 0.4) is 0 Å². The molecule has 0 spiro atoms. The van der Waals surface area contributed by atoms with Crippen LogP contribution in [-0.2, 0) is 9.84 Å². The Kier molecular flexibility index (Phi) is 3.68. The van der Waals surface area contributed by atoms with E-state index in [1.807, 2.05) is 0 Å². The van der Waals surface area contributed by atoms with Crippen molar-refractivity contribution in [3.63, 3.8) is 0 Å². The van der Waals surface area contributed by atoms with Gasteiger partial charge in [0, 0.05) is 10.7 Å². The fraction of sp³-hybridized carbons (Fsp3) is 0.0833. The number of ether oxygens (including phenoxy) is 1. The molecule has 18 heavy (non-hydrogen) atoms. The van der Waals surface area contributed by atoms with Gasteiger partial charge < -0.3 is 4.74 Å². The molecular weight excluding hydrogens is 318 g/mol. The van der Waals surface area contributed by atoms with Gasteiger partial charge in [-0.05, 0) is 34.1 Å². The zero-order chi connectivity index (χ0) is 13.2. The average molecular weight is 328 g/mol. The molecular formula is C12H10BrNO3S. The second-order valence-corrected chi connectivity index (χ2v) is 6.31. The third-order valence-corrected chi connectivity index (χ3v) is 4.52. The van der Waals surface area contributed by atoms with Crippen LogP contribution >= 0.6 is 15.9 Å². The van der Waals surface area contributed by atoms with Gasteiger partial charge in [0.25, 0.3) is 0 Å². The number of aromatic nitrogens is 1. The summed E-state index contributed by atoms with van der Waals surface area (Å²) >= 11 is 3.21. The molecule has 0 atom stereocenters. The first-order valence-corrected chi connectivity index (χ1v) is 7.33. The fourth-order valence-corrected chi connectivity index (χ4v) is 3.38. The summed E-state index contributed by atoms with van der Waals surface area (Å²) in [7, 11) is -2.23.